The zero-order valence-corrected chi connectivity index (χ0v) is 12.0. The minimum Gasteiger partial charge on any atom is -0.375 e. The molecule has 0 aliphatic carbocycles. The molecule has 0 heterocycles. The van der Waals surface area contributed by atoms with E-state index in [0.717, 1.165) is 6.07 Å². The van der Waals surface area contributed by atoms with E-state index in [-0.39, 0.29) is 12.2 Å². The molecule has 2 aromatic rings. The Morgan fingerprint density at radius 1 is 1.23 bits per heavy atom. The maximum Gasteiger partial charge on any atom is 0.312 e. The zero-order valence-electron chi connectivity index (χ0n) is 11.2. The molecule has 0 atom stereocenters. The van der Waals surface area contributed by atoms with Crippen LogP contribution in [0.1, 0.15) is 5.56 Å². The minimum absolute atomic E-state index is 0.0132. The average Bonchev–Trinajstić information content (AvgIpc) is 2.43. The molecule has 0 aliphatic heterocycles. The van der Waals surface area contributed by atoms with Crippen LogP contribution in [0.15, 0.2) is 47.4 Å². The van der Waals surface area contributed by atoms with Gasteiger partial charge in [-0.05, 0) is 29.8 Å². The van der Waals surface area contributed by atoms with E-state index in [2.05, 4.69) is 5.32 Å². The monoisotopic (exact) mass is 325 g/mol. The third kappa shape index (κ3) is 3.57. The Labute approximate surface area is 125 Å². The summed E-state index contributed by atoms with van der Waals surface area (Å²) in [6, 6.07) is 9.41. The van der Waals surface area contributed by atoms with E-state index in [1.165, 1.54) is 30.3 Å². The van der Waals surface area contributed by atoms with E-state index in [1.54, 1.807) is 6.07 Å². The first-order chi connectivity index (χ1) is 10.3. The number of hydrogen-bond acceptors (Lipinski definition) is 5. The third-order valence-electron chi connectivity index (χ3n) is 2.86. The number of anilines is 1. The third-order valence-corrected chi connectivity index (χ3v) is 3.80. The van der Waals surface area contributed by atoms with Crippen LogP contribution in [-0.4, -0.2) is 13.3 Å². The van der Waals surface area contributed by atoms with Crippen molar-refractivity contribution in [2.75, 3.05) is 5.32 Å². The van der Waals surface area contributed by atoms with Crippen LogP contribution < -0.4 is 10.5 Å². The van der Waals surface area contributed by atoms with Gasteiger partial charge in [0.1, 0.15) is 11.5 Å². The Morgan fingerprint density at radius 3 is 2.50 bits per heavy atom. The number of nitro groups is 1. The summed E-state index contributed by atoms with van der Waals surface area (Å²) in [6.07, 6.45) is 0. The van der Waals surface area contributed by atoms with Gasteiger partial charge in [0.25, 0.3) is 0 Å². The smallest absolute Gasteiger partial charge is 0.312 e. The molecule has 7 nitrogen and oxygen atoms in total. The second kappa shape index (κ2) is 6.08. The van der Waals surface area contributed by atoms with E-state index in [4.69, 9.17) is 5.14 Å². The summed E-state index contributed by atoms with van der Waals surface area (Å²) in [5.41, 5.74) is -0.0995. The molecule has 0 aliphatic rings. The van der Waals surface area contributed by atoms with Crippen LogP contribution in [0.4, 0.5) is 15.8 Å². The van der Waals surface area contributed by atoms with Gasteiger partial charge in [-0.3, -0.25) is 10.1 Å². The molecule has 0 saturated heterocycles. The molecule has 3 N–H and O–H groups in total. The number of nitrogens with one attached hydrogen (secondary N) is 1. The largest absolute Gasteiger partial charge is 0.375 e. The van der Waals surface area contributed by atoms with Crippen LogP contribution in [0.3, 0.4) is 0 Å². The Hall–Kier alpha value is -2.52. The van der Waals surface area contributed by atoms with E-state index in [1.807, 2.05) is 0 Å². The summed E-state index contributed by atoms with van der Waals surface area (Å²) in [4.78, 5) is 9.73. The SMILES string of the molecule is NS(=O)(=O)c1cccc(NCc2cccc(F)c2)c1[N+](=O)[O-]. The van der Waals surface area contributed by atoms with Gasteiger partial charge in [-0.25, -0.2) is 17.9 Å². The van der Waals surface area contributed by atoms with E-state index >= 15 is 0 Å². The summed E-state index contributed by atoms with van der Waals surface area (Å²) >= 11 is 0. The maximum absolute atomic E-state index is 13.1. The normalized spacial score (nSPS) is 11.2. The average molecular weight is 325 g/mol. The topological polar surface area (TPSA) is 115 Å². The molecule has 0 fully saturated rings. The van der Waals surface area contributed by atoms with Gasteiger partial charge in [-0.2, -0.15) is 0 Å². The highest BCUT2D eigenvalue weighted by Crippen LogP contribution is 2.31. The highest BCUT2D eigenvalue weighted by molar-refractivity contribution is 7.89. The van der Waals surface area contributed by atoms with Crippen molar-refractivity contribution >= 4 is 21.4 Å². The van der Waals surface area contributed by atoms with Gasteiger partial charge in [-0.15, -0.1) is 0 Å². The van der Waals surface area contributed by atoms with Gasteiger partial charge < -0.3 is 5.32 Å². The quantitative estimate of drug-likeness (QED) is 0.644. The Morgan fingerprint density at radius 2 is 1.91 bits per heavy atom. The minimum atomic E-state index is -4.23. The molecule has 116 valence electrons. The number of hydrogen-bond donors (Lipinski definition) is 2. The Kier molecular flexibility index (Phi) is 4.38. The number of nitro benzene ring substituents is 1. The highest BCUT2D eigenvalue weighted by Gasteiger charge is 2.26. The number of halogens is 1. The van der Waals surface area contributed by atoms with Crippen molar-refractivity contribution in [1.82, 2.24) is 0 Å². The zero-order chi connectivity index (χ0) is 16.3. The number of sulfonamides is 1. The van der Waals surface area contributed by atoms with Crippen LogP contribution in [0.5, 0.6) is 0 Å². The van der Waals surface area contributed by atoms with Crippen LogP contribution in [0.2, 0.25) is 0 Å². The molecule has 9 heteroatoms. The lowest BCUT2D eigenvalue weighted by Crippen LogP contribution is -2.15. The predicted octanol–water partition coefficient (Wildman–Crippen LogP) is 1.99. The maximum atomic E-state index is 13.1. The number of primary sulfonamides is 1. The van der Waals surface area contributed by atoms with Crippen LogP contribution in [0, 0.1) is 15.9 Å². The van der Waals surface area contributed by atoms with Gasteiger partial charge in [0.2, 0.25) is 10.0 Å². The van der Waals surface area contributed by atoms with E-state index in [9.17, 15) is 22.9 Å². The molecule has 0 spiro atoms. The number of para-hydroxylation sites is 1. The van der Waals surface area contributed by atoms with Gasteiger partial charge >= 0.3 is 5.69 Å². The summed E-state index contributed by atoms with van der Waals surface area (Å²) < 4.78 is 35.9. The lowest BCUT2D eigenvalue weighted by molar-refractivity contribution is -0.386. The van der Waals surface area contributed by atoms with Gasteiger partial charge in [0, 0.05) is 6.54 Å². The molecule has 2 rings (SSSR count). The first-order valence-corrected chi connectivity index (χ1v) is 7.62. The van der Waals surface area contributed by atoms with E-state index < -0.39 is 31.3 Å². The van der Waals surface area contributed by atoms with E-state index in [0.29, 0.717) is 5.56 Å². The first-order valence-electron chi connectivity index (χ1n) is 6.07. The molecular weight excluding hydrogens is 313 g/mol. The summed E-state index contributed by atoms with van der Waals surface area (Å²) in [7, 11) is -4.23. The summed E-state index contributed by atoms with van der Waals surface area (Å²) in [5, 5.41) is 18.8. The molecule has 0 aromatic heterocycles. The van der Waals surface area contributed by atoms with Crippen molar-refractivity contribution in [3.8, 4) is 0 Å². The summed E-state index contributed by atoms with van der Waals surface area (Å²) in [6.45, 7) is 0.0900. The Balaban J connectivity index is 2.37. The van der Waals surface area contributed by atoms with Crippen molar-refractivity contribution in [2.45, 2.75) is 11.4 Å². The van der Waals surface area contributed by atoms with Crippen LogP contribution in [0.25, 0.3) is 0 Å². The van der Waals surface area contributed by atoms with Crippen molar-refractivity contribution in [2.24, 2.45) is 5.14 Å². The molecule has 0 bridgehead atoms. The fraction of sp³-hybridized carbons (Fsp3) is 0.0769. The molecular formula is C13H12FN3O4S. The second-order valence-electron chi connectivity index (χ2n) is 4.44. The highest BCUT2D eigenvalue weighted by atomic mass is 32.2. The number of benzene rings is 2. The predicted molar refractivity (Wildman–Crippen MR) is 78.2 cm³/mol. The second-order valence-corrected chi connectivity index (χ2v) is 5.97. The Bertz CT molecular complexity index is 824. The molecule has 0 saturated carbocycles. The molecule has 0 unspecified atom stereocenters. The lowest BCUT2D eigenvalue weighted by Gasteiger charge is -2.09. The number of nitrogens with zero attached hydrogens (tertiary/aromatic N) is 1. The van der Waals surface area contributed by atoms with Crippen molar-refractivity contribution in [1.29, 1.82) is 0 Å². The molecule has 0 radical (unpaired) electrons. The number of nitrogens with two attached hydrogens (primary N) is 1. The van der Waals surface area contributed by atoms with Crippen molar-refractivity contribution in [3.05, 3.63) is 64.0 Å². The van der Waals surface area contributed by atoms with Crippen LogP contribution >= 0.6 is 0 Å². The van der Waals surface area contributed by atoms with Gasteiger partial charge in [-0.1, -0.05) is 18.2 Å². The van der Waals surface area contributed by atoms with Crippen molar-refractivity contribution in [3.63, 3.8) is 0 Å². The molecule has 22 heavy (non-hydrogen) atoms. The van der Waals surface area contributed by atoms with Crippen LogP contribution in [-0.2, 0) is 16.6 Å². The molecule has 0 amide bonds. The standard InChI is InChI=1S/C13H12FN3O4S/c14-10-4-1-3-9(7-10)8-16-11-5-2-6-12(22(15,20)21)13(11)17(18)19/h1-7,16H,8H2,(H2,15,20,21). The fourth-order valence-corrected chi connectivity index (χ4v) is 2.65. The summed E-state index contributed by atoms with van der Waals surface area (Å²) in [5.74, 6) is -0.438. The first kappa shape index (κ1) is 15.9. The molecule has 2 aromatic carbocycles. The fourth-order valence-electron chi connectivity index (χ4n) is 1.93. The van der Waals surface area contributed by atoms with Gasteiger partial charge in [0.05, 0.1) is 4.92 Å². The number of rotatable bonds is 5. The van der Waals surface area contributed by atoms with Gasteiger partial charge in [0.15, 0.2) is 4.90 Å². The lowest BCUT2D eigenvalue weighted by atomic mass is 10.2. The van der Waals surface area contributed by atoms with Crippen molar-refractivity contribution < 1.29 is 17.7 Å².